The van der Waals surface area contributed by atoms with Gasteiger partial charge in [0.1, 0.15) is 5.82 Å². The lowest BCUT2D eigenvalue weighted by atomic mass is 10.3. The highest BCUT2D eigenvalue weighted by molar-refractivity contribution is 9.10. The Bertz CT molecular complexity index is 297. The van der Waals surface area contributed by atoms with Crippen molar-refractivity contribution in [3.05, 3.63) is 30.1 Å². The molecule has 0 heterocycles. The molecule has 1 unspecified atom stereocenters. The second kappa shape index (κ2) is 4.37. The smallest absolute Gasteiger partial charge is 0.237 e. The predicted octanol–water partition coefficient (Wildman–Crippen LogP) is 2.55. The summed E-state index contributed by atoms with van der Waals surface area (Å²) in [7, 11) is 0. The molecule has 0 aromatic heterocycles. The van der Waals surface area contributed by atoms with Crippen LogP contribution >= 0.6 is 15.9 Å². The van der Waals surface area contributed by atoms with Gasteiger partial charge in [-0.3, -0.25) is 4.79 Å². The van der Waals surface area contributed by atoms with E-state index in [1.54, 1.807) is 6.92 Å². The molecule has 13 heavy (non-hydrogen) atoms. The molecule has 0 aliphatic rings. The van der Waals surface area contributed by atoms with Crippen LogP contribution in [0.15, 0.2) is 24.3 Å². The maximum Gasteiger partial charge on any atom is 0.237 e. The summed E-state index contributed by atoms with van der Waals surface area (Å²) >= 11 is 3.13. The van der Waals surface area contributed by atoms with Crippen LogP contribution in [0.3, 0.4) is 0 Å². The number of rotatable bonds is 2. The zero-order valence-corrected chi connectivity index (χ0v) is 8.64. The topological polar surface area (TPSA) is 29.1 Å². The molecular formula is C9H9BrFNO. The van der Waals surface area contributed by atoms with E-state index in [4.69, 9.17) is 0 Å². The summed E-state index contributed by atoms with van der Waals surface area (Å²) in [6.45, 7) is 1.72. The lowest BCUT2D eigenvalue weighted by molar-refractivity contribution is -0.115. The van der Waals surface area contributed by atoms with Gasteiger partial charge in [-0.25, -0.2) is 4.39 Å². The third kappa shape index (κ3) is 3.14. The van der Waals surface area contributed by atoms with E-state index in [-0.39, 0.29) is 16.6 Å². The molecule has 1 aromatic rings. The van der Waals surface area contributed by atoms with E-state index in [1.807, 2.05) is 0 Å². The molecule has 1 amide bonds. The molecule has 0 fully saturated rings. The van der Waals surface area contributed by atoms with Crippen LogP contribution in [0.25, 0.3) is 0 Å². The minimum atomic E-state index is -0.315. The van der Waals surface area contributed by atoms with Crippen molar-refractivity contribution < 1.29 is 9.18 Å². The van der Waals surface area contributed by atoms with E-state index in [9.17, 15) is 9.18 Å². The van der Waals surface area contributed by atoms with Crippen molar-refractivity contribution in [2.45, 2.75) is 11.8 Å². The number of nitrogens with one attached hydrogen (secondary N) is 1. The molecular weight excluding hydrogens is 237 g/mol. The predicted molar refractivity (Wildman–Crippen MR) is 53.4 cm³/mol. The molecule has 0 bridgehead atoms. The molecule has 0 aliphatic heterocycles. The zero-order chi connectivity index (χ0) is 9.84. The fraction of sp³-hybridized carbons (Fsp3) is 0.222. The van der Waals surface area contributed by atoms with E-state index < -0.39 is 0 Å². The Hall–Kier alpha value is -0.900. The van der Waals surface area contributed by atoms with Crippen LogP contribution in [-0.4, -0.2) is 10.7 Å². The largest absolute Gasteiger partial charge is 0.325 e. The van der Waals surface area contributed by atoms with Crippen LogP contribution in [0.5, 0.6) is 0 Å². The van der Waals surface area contributed by atoms with Crippen LogP contribution in [0.1, 0.15) is 6.92 Å². The highest BCUT2D eigenvalue weighted by atomic mass is 79.9. The van der Waals surface area contributed by atoms with Crippen molar-refractivity contribution in [2.75, 3.05) is 5.32 Å². The van der Waals surface area contributed by atoms with Gasteiger partial charge in [0, 0.05) is 5.69 Å². The molecule has 1 N–H and O–H groups in total. The summed E-state index contributed by atoms with van der Waals surface area (Å²) in [5, 5.41) is 2.62. The average Bonchev–Trinajstić information content (AvgIpc) is 2.08. The highest BCUT2D eigenvalue weighted by Crippen LogP contribution is 2.10. The second-order valence-corrected chi connectivity index (χ2v) is 3.99. The first-order chi connectivity index (χ1) is 6.09. The van der Waals surface area contributed by atoms with Crippen LogP contribution in [0, 0.1) is 5.82 Å². The minimum absolute atomic E-state index is 0.147. The fourth-order valence-corrected chi connectivity index (χ4v) is 0.889. The summed E-state index contributed by atoms with van der Waals surface area (Å²) in [6.07, 6.45) is 0. The molecule has 2 nitrogen and oxygen atoms in total. The first-order valence-corrected chi connectivity index (χ1v) is 4.71. The van der Waals surface area contributed by atoms with Crippen LogP contribution in [-0.2, 0) is 4.79 Å². The monoisotopic (exact) mass is 245 g/mol. The molecule has 0 saturated carbocycles. The Morgan fingerprint density at radius 1 is 1.46 bits per heavy atom. The van der Waals surface area contributed by atoms with Gasteiger partial charge in [-0.2, -0.15) is 0 Å². The van der Waals surface area contributed by atoms with Gasteiger partial charge < -0.3 is 5.32 Å². The molecule has 1 rings (SSSR count). The summed E-state index contributed by atoms with van der Waals surface area (Å²) in [6, 6.07) is 5.63. The summed E-state index contributed by atoms with van der Waals surface area (Å²) in [4.78, 5) is 10.9. The number of carbonyl (C=O) groups excluding carboxylic acids is 1. The maximum atomic E-state index is 12.5. The van der Waals surface area contributed by atoms with E-state index >= 15 is 0 Å². The van der Waals surface area contributed by atoms with Gasteiger partial charge in [0.2, 0.25) is 5.91 Å². The van der Waals surface area contributed by atoms with Gasteiger partial charge >= 0.3 is 0 Å². The van der Waals surface area contributed by atoms with E-state index in [1.165, 1.54) is 24.3 Å². The molecule has 0 aliphatic carbocycles. The number of alkyl halides is 1. The molecule has 4 heteroatoms. The highest BCUT2D eigenvalue weighted by Gasteiger charge is 2.07. The minimum Gasteiger partial charge on any atom is -0.325 e. The molecule has 1 atom stereocenters. The molecule has 1 aromatic carbocycles. The number of amides is 1. The van der Waals surface area contributed by atoms with E-state index in [2.05, 4.69) is 21.2 Å². The number of anilines is 1. The van der Waals surface area contributed by atoms with Gasteiger partial charge in [-0.1, -0.05) is 15.9 Å². The molecule has 0 radical (unpaired) electrons. The van der Waals surface area contributed by atoms with E-state index in [0.717, 1.165) is 0 Å². The number of hydrogen-bond donors (Lipinski definition) is 1. The Morgan fingerprint density at radius 3 is 2.46 bits per heavy atom. The van der Waals surface area contributed by atoms with Crippen molar-refractivity contribution in [1.29, 1.82) is 0 Å². The Morgan fingerprint density at radius 2 is 2.00 bits per heavy atom. The quantitative estimate of drug-likeness (QED) is 0.798. The van der Waals surface area contributed by atoms with Crippen molar-refractivity contribution in [2.24, 2.45) is 0 Å². The van der Waals surface area contributed by atoms with Crippen molar-refractivity contribution >= 4 is 27.5 Å². The summed E-state index contributed by atoms with van der Waals surface area (Å²) in [5.41, 5.74) is 0.595. The summed E-state index contributed by atoms with van der Waals surface area (Å²) in [5.74, 6) is -0.462. The van der Waals surface area contributed by atoms with Gasteiger partial charge in [0.05, 0.1) is 4.83 Å². The first-order valence-electron chi connectivity index (χ1n) is 3.80. The van der Waals surface area contributed by atoms with E-state index in [0.29, 0.717) is 5.69 Å². The summed E-state index contributed by atoms with van der Waals surface area (Å²) < 4.78 is 12.5. The third-order valence-corrected chi connectivity index (χ3v) is 1.89. The second-order valence-electron chi connectivity index (χ2n) is 2.61. The normalized spacial score (nSPS) is 12.2. The first kappa shape index (κ1) is 10.2. The third-order valence-electron chi connectivity index (χ3n) is 1.47. The Balaban J connectivity index is 2.65. The lowest BCUT2D eigenvalue weighted by Crippen LogP contribution is -2.19. The van der Waals surface area contributed by atoms with Crippen molar-refractivity contribution in [3.8, 4) is 0 Å². The number of carbonyl (C=O) groups is 1. The fourth-order valence-electron chi connectivity index (χ4n) is 0.775. The van der Waals surface area contributed by atoms with Crippen molar-refractivity contribution in [3.63, 3.8) is 0 Å². The number of benzene rings is 1. The standard InChI is InChI=1S/C9H9BrFNO/c1-6(10)9(13)12-8-4-2-7(11)3-5-8/h2-6H,1H3,(H,12,13). The van der Waals surface area contributed by atoms with Crippen LogP contribution in [0.4, 0.5) is 10.1 Å². The zero-order valence-electron chi connectivity index (χ0n) is 7.05. The SMILES string of the molecule is CC(Br)C(=O)Nc1ccc(F)cc1. The molecule has 70 valence electrons. The lowest BCUT2D eigenvalue weighted by Gasteiger charge is -2.05. The van der Waals surface area contributed by atoms with Gasteiger partial charge in [0.15, 0.2) is 0 Å². The van der Waals surface area contributed by atoms with Gasteiger partial charge in [0.25, 0.3) is 0 Å². The Labute approximate surface area is 84.3 Å². The van der Waals surface area contributed by atoms with Crippen molar-refractivity contribution in [1.82, 2.24) is 0 Å². The van der Waals surface area contributed by atoms with Gasteiger partial charge in [-0.15, -0.1) is 0 Å². The average molecular weight is 246 g/mol. The molecule has 0 saturated heterocycles. The van der Waals surface area contributed by atoms with Gasteiger partial charge in [-0.05, 0) is 31.2 Å². The number of hydrogen-bond acceptors (Lipinski definition) is 1. The Kier molecular flexibility index (Phi) is 3.42. The van der Waals surface area contributed by atoms with Crippen LogP contribution in [0.2, 0.25) is 0 Å². The van der Waals surface area contributed by atoms with Crippen LogP contribution < -0.4 is 5.32 Å². The maximum absolute atomic E-state index is 12.5. The number of halogens is 2. The molecule has 0 spiro atoms.